The maximum atomic E-state index is 13.7. The average Bonchev–Trinajstić information content (AvgIpc) is 2.41. The van der Waals surface area contributed by atoms with Crippen LogP contribution in [0.5, 0.6) is 0 Å². The fourth-order valence-electron chi connectivity index (χ4n) is 1.77. The summed E-state index contributed by atoms with van der Waals surface area (Å²) >= 11 is 0. The Labute approximate surface area is 124 Å². The molecule has 2 amide bonds. The van der Waals surface area contributed by atoms with Gasteiger partial charge in [-0.25, -0.2) is 13.2 Å². The van der Waals surface area contributed by atoms with Gasteiger partial charge in [0.15, 0.2) is 0 Å². The van der Waals surface area contributed by atoms with Crippen LogP contribution in [-0.4, -0.2) is 11.8 Å². The summed E-state index contributed by atoms with van der Waals surface area (Å²) in [7, 11) is 0. The van der Waals surface area contributed by atoms with Crippen LogP contribution >= 0.6 is 0 Å². The van der Waals surface area contributed by atoms with E-state index >= 15 is 0 Å². The Morgan fingerprint density at radius 3 is 2.27 bits per heavy atom. The van der Waals surface area contributed by atoms with E-state index < -0.39 is 28.9 Å². The van der Waals surface area contributed by atoms with Crippen molar-refractivity contribution >= 4 is 23.2 Å². The van der Waals surface area contributed by atoms with Gasteiger partial charge in [0, 0.05) is 18.7 Å². The van der Waals surface area contributed by atoms with E-state index in [2.05, 4.69) is 10.6 Å². The molecular formula is C15H11F3N2O2. The Morgan fingerprint density at radius 2 is 1.64 bits per heavy atom. The van der Waals surface area contributed by atoms with E-state index in [0.29, 0.717) is 6.07 Å². The number of hydrogen-bond acceptors (Lipinski definition) is 2. The quantitative estimate of drug-likeness (QED) is 0.914. The summed E-state index contributed by atoms with van der Waals surface area (Å²) in [4.78, 5) is 22.9. The van der Waals surface area contributed by atoms with Gasteiger partial charge >= 0.3 is 0 Å². The maximum absolute atomic E-state index is 13.7. The number of nitrogens with one attached hydrogen (secondary N) is 2. The molecule has 0 aliphatic carbocycles. The van der Waals surface area contributed by atoms with Crippen molar-refractivity contribution in [2.24, 2.45) is 0 Å². The van der Waals surface area contributed by atoms with Crippen LogP contribution in [0, 0.1) is 17.5 Å². The zero-order valence-corrected chi connectivity index (χ0v) is 11.4. The van der Waals surface area contributed by atoms with E-state index in [0.717, 1.165) is 18.2 Å². The predicted molar refractivity (Wildman–Crippen MR) is 75.0 cm³/mol. The summed E-state index contributed by atoms with van der Waals surface area (Å²) in [6.07, 6.45) is 0. The highest BCUT2D eigenvalue weighted by Gasteiger charge is 2.15. The predicted octanol–water partition coefficient (Wildman–Crippen LogP) is 3.31. The molecule has 0 saturated heterocycles. The first-order chi connectivity index (χ1) is 10.4. The van der Waals surface area contributed by atoms with Gasteiger partial charge in [0.25, 0.3) is 5.91 Å². The molecule has 0 spiro atoms. The van der Waals surface area contributed by atoms with Crippen molar-refractivity contribution in [1.29, 1.82) is 0 Å². The Kier molecular flexibility index (Phi) is 4.45. The third kappa shape index (κ3) is 3.63. The summed E-state index contributed by atoms with van der Waals surface area (Å²) < 4.78 is 40.0. The molecule has 0 aliphatic rings. The van der Waals surface area contributed by atoms with E-state index in [1.165, 1.54) is 19.1 Å². The van der Waals surface area contributed by atoms with E-state index in [9.17, 15) is 22.8 Å². The molecular weight excluding hydrogens is 297 g/mol. The first kappa shape index (κ1) is 15.6. The smallest absolute Gasteiger partial charge is 0.258 e. The monoisotopic (exact) mass is 308 g/mol. The molecule has 2 N–H and O–H groups in total. The molecule has 0 unspecified atom stereocenters. The second-order valence-electron chi connectivity index (χ2n) is 4.45. The summed E-state index contributed by atoms with van der Waals surface area (Å²) in [6.45, 7) is 1.27. The summed E-state index contributed by atoms with van der Waals surface area (Å²) in [5, 5.41) is 4.60. The minimum Gasteiger partial charge on any atom is -0.326 e. The van der Waals surface area contributed by atoms with Crippen LogP contribution in [0.3, 0.4) is 0 Å². The molecule has 2 rings (SSSR count). The van der Waals surface area contributed by atoms with Gasteiger partial charge < -0.3 is 10.6 Å². The molecule has 114 valence electrons. The average molecular weight is 308 g/mol. The topological polar surface area (TPSA) is 58.2 Å². The molecule has 2 aromatic rings. The molecule has 0 aliphatic heterocycles. The summed E-state index contributed by atoms with van der Waals surface area (Å²) in [5.74, 6) is -3.95. The van der Waals surface area contributed by atoms with Gasteiger partial charge in [-0.2, -0.15) is 0 Å². The first-order valence-electron chi connectivity index (χ1n) is 6.20. The van der Waals surface area contributed by atoms with Crippen LogP contribution in [0.15, 0.2) is 36.4 Å². The van der Waals surface area contributed by atoms with Crippen LogP contribution in [-0.2, 0) is 4.79 Å². The number of carbonyl (C=O) groups excluding carboxylic acids is 2. The maximum Gasteiger partial charge on any atom is 0.258 e. The molecule has 0 saturated carbocycles. The van der Waals surface area contributed by atoms with Crippen molar-refractivity contribution in [2.75, 3.05) is 10.6 Å². The van der Waals surface area contributed by atoms with Gasteiger partial charge in [0.2, 0.25) is 5.91 Å². The van der Waals surface area contributed by atoms with Crippen LogP contribution in [0.25, 0.3) is 0 Å². The number of hydrogen-bond donors (Lipinski definition) is 2. The molecule has 0 radical (unpaired) electrons. The van der Waals surface area contributed by atoms with Gasteiger partial charge in [-0.15, -0.1) is 0 Å². The van der Waals surface area contributed by atoms with E-state index in [1.807, 2.05) is 0 Å². The first-order valence-corrected chi connectivity index (χ1v) is 6.20. The molecule has 0 heterocycles. The minimum atomic E-state index is -1.06. The fraction of sp³-hybridized carbons (Fsp3) is 0.0667. The molecule has 0 atom stereocenters. The minimum absolute atomic E-state index is 0.236. The number of benzene rings is 2. The fourth-order valence-corrected chi connectivity index (χ4v) is 1.77. The van der Waals surface area contributed by atoms with Crippen molar-refractivity contribution < 1.29 is 22.8 Å². The van der Waals surface area contributed by atoms with Crippen molar-refractivity contribution in [3.63, 3.8) is 0 Å². The third-order valence-corrected chi connectivity index (χ3v) is 2.71. The Balaban J connectivity index is 2.25. The van der Waals surface area contributed by atoms with Gasteiger partial charge in [0.05, 0.1) is 11.3 Å². The summed E-state index contributed by atoms with van der Waals surface area (Å²) in [5.41, 5.74) is -0.394. The molecule has 2 aromatic carbocycles. The number of carbonyl (C=O) groups is 2. The Bertz CT molecular complexity index is 748. The standard InChI is InChI=1S/C15H11F3N2O2/c1-8(21)19-10-3-5-12(17)14(7-10)20-15(22)11-4-2-9(16)6-13(11)18/h2-7H,1H3,(H,19,21)(H,20,22). The van der Waals surface area contributed by atoms with Crippen molar-refractivity contribution in [1.82, 2.24) is 0 Å². The normalized spacial score (nSPS) is 10.2. The van der Waals surface area contributed by atoms with Gasteiger partial charge in [-0.3, -0.25) is 9.59 Å². The lowest BCUT2D eigenvalue weighted by Gasteiger charge is -2.09. The SMILES string of the molecule is CC(=O)Nc1ccc(F)c(NC(=O)c2ccc(F)cc2F)c1. The van der Waals surface area contributed by atoms with Crippen LogP contribution < -0.4 is 10.6 Å². The van der Waals surface area contributed by atoms with Crippen LogP contribution in [0.1, 0.15) is 17.3 Å². The number of anilines is 2. The number of halogens is 3. The second-order valence-corrected chi connectivity index (χ2v) is 4.45. The lowest BCUT2D eigenvalue weighted by molar-refractivity contribution is -0.114. The number of amides is 2. The Hall–Kier alpha value is -2.83. The third-order valence-electron chi connectivity index (χ3n) is 2.71. The molecule has 0 bridgehead atoms. The van der Waals surface area contributed by atoms with Crippen molar-refractivity contribution in [3.05, 3.63) is 59.4 Å². The molecule has 0 aromatic heterocycles. The zero-order chi connectivity index (χ0) is 16.3. The Morgan fingerprint density at radius 1 is 0.909 bits per heavy atom. The van der Waals surface area contributed by atoms with Crippen molar-refractivity contribution in [3.8, 4) is 0 Å². The highest BCUT2D eigenvalue weighted by Crippen LogP contribution is 2.21. The van der Waals surface area contributed by atoms with Gasteiger partial charge in [-0.1, -0.05) is 0 Å². The highest BCUT2D eigenvalue weighted by molar-refractivity contribution is 6.05. The van der Waals surface area contributed by atoms with E-state index in [4.69, 9.17) is 0 Å². The number of rotatable bonds is 3. The van der Waals surface area contributed by atoms with Crippen molar-refractivity contribution in [2.45, 2.75) is 6.92 Å². The molecule has 22 heavy (non-hydrogen) atoms. The van der Waals surface area contributed by atoms with Gasteiger partial charge in [-0.05, 0) is 30.3 Å². The molecule has 4 nitrogen and oxygen atoms in total. The van der Waals surface area contributed by atoms with E-state index in [1.54, 1.807) is 0 Å². The van der Waals surface area contributed by atoms with E-state index in [-0.39, 0.29) is 17.3 Å². The molecule has 0 fully saturated rings. The van der Waals surface area contributed by atoms with Crippen LogP contribution in [0.2, 0.25) is 0 Å². The largest absolute Gasteiger partial charge is 0.326 e. The summed E-state index contributed by atoms with van der Waals surface area (Å²) in [6, 6.07) is 5.97. The second kappa shape index (κ2) is 6.30. The van der Waals surface area contributed by atoms with Gasteiger partial charge in [0.1, 0.15) is 17.5 Å². The lowest BCUT2D eigenvalue weighted by atomic mass is 10.2. The molecule has 7 heteroatoms. The lowest BCUT2D eigenvalue weighted by Crippen LogP contribution is -2.15. The van der Waals surface area contributed by atoms with Crippen LogP contribution in [0.4, 0.5) is 24.5 Å². The highest BCUT2D eigenvalue weighted by atomic mass is 19.1. The zero-order valence-electron chi connectivity index (χ0n) is 11.4.